The van der Waals surface area contributed by atoms with Gasteiger partial charge in [-0.25, -0.2) is 0 Å². The summed E-state index contributed by atoms with van der Waals surface area (Å²) in [5.41, 5.74) is 1.36. The second kappa shape index (κ2) is 5.70. The van der Waals surface area contributed by atoms with Gasteiger partial charge < -0.3 is 5.32 Å². The molecular formula is C14H20ClN. The van der Waals surface area contributed by atoms with Gasteiger partial charge in [-0.2, -0.15) is 0 Å². The first-order chi connectivity index (χ1) is 7.75. The van der Waals surface area contributed by atoms with Gasteiger partial charge in [0.05, 0.1) is 0 Å². The average Bonchev–Trinajstić information content (AvgIpc) is 2.30. The summed E-state index contributed by atoms with van der Waals surface area (Å²) in [5.74, 6) is 0. The summed E-state index contributed by atoms with van der Waals surface area (Å²) in [6.07, 6.45) is 4.81. The molecule has 1 aromatic carbocycles. The van der Waals surface area contributed by atoms with E-state index in [1.165, 1.54) is 24.8 Å². The molecule has 16 heavy (non-hydrogen) atoms. The molecule has 1 nitrogen and oxygen atoms in total. The van der Waals surface area contributed by atoms with Gasteiger partial charge in [-0.05, 0) is 31.7 Å². The van der Waals surface area contributed by atoms with Crippen LogP contribution in [0.2, 0.25) is 0 Å². The van der Waals surface area contributed by atoms with Crippen molar-refractivity contribution in [2.24, 2.45) is 0 Å². The van der Waals surface area contributed by atoms with Crippen LogP contribution in [0.15, 0.2) is 30.3 Å². The zero-order valence-electron chi connectivity index (χ0n) is 9.83. The quantitative estimate of drug-likeness (QED) is 0.787. The molecule has 0 bridgehead atoms. The SMILES string of the molecule is CC(NC1CCCC(Cl)C1)c1ccccc1. The fraction of sp³-hybridized carbons (Fsp3) is 0.571. The number of hydrogen-bond acceptors (Lipinski definition) is 1. The molecule has 0 saturated heterocycles. The van der Waals surface area contributed by atoms with Crippen LogP contribution in [0.25, 0.3) is 0 Å². The zero-order valence-corrected chi connectivity index (χ0v) is 10.6. The van der Waals surface area contributed by atoms with Crippen molar-refractivity contribution in [1.29, 1.82) is 0 Å². The summed E-state index contributed by atoms with van der Waals surface area (Å²) < 4.78 is 0. The molecule has 1 aliphatic rings. The maximum absolute atomic E-state index is 6.20. The maximum atomic E-state index is 6.20. The number of alkyl halides is 1. The topological polar surface area (TPSA) is 12.0 Å². The lowest BCUT2D eigenvalue weighted by Crippen LogP contribution is -2.36. The Morgan fingerprint density at radius 2 is 2.00 bits per heavy atom. The van der Waals surface area contributed by atoms with Crippen molar-refractivity contribution in [3.63, 3.8) is 0 Å². The molecule has 0 radical (unpaired) electrons. The smallest absolute Gasteiger partial charge is 0.0350 e. The van der Waals surface area contributed by atoms with Gasteiger partial charge in [0.2, 0.25) is 0 Å². The van der Waals surface area contributed by atoms with Crippen LogP contribution in [0.1, 0.15) is 44.2 Å². The van der Waals surface area contributed by atoms with E-state index >= 15 is 0 Å². The third-order valence-electron chi connectivity index (χ3n) is 3.40. The van der Waals surface area contributed by atoms with E-state index < -0.39 is 0 Å². The highest BCUT2D eigenvalue weighted by Crippen LogP contribution is 2.25. The molecule has 0 aromatic heterocycles. The van der Waals surface area contributed by atoms with E-state index in [0.29, 0.717) is 17.5 Å². The van der Waals surface area contributed by atoms with E-state index in [2.05, 4.69) is 42.6 Å². The predicted molar refractivity (Wildman–Crippen MR) is 69.9 cm³/mol. The Labute approximate surface area is 103 Å². The van der Waals surface area contributed by atoms with Crippen LogP contribution in [0.5, 0.6) is 0 Å². The van der Waals surface area contributed by atoms with Crippen LogP contribution < -0.4 is 5.32 Å². The van der Waals surface area contributed by atoms with Crippen molar-refractivity contribution < 1.29 is 0 Å². The Hall–Kier alpha value is -0.530. The molecule has 1 N–H and O–H groups in total. The third-order valence-corrected chi connectivity index (χ3v) is 3.79. The predicted octanol–water partition coefficient (Wildman–Crippen LogP) is 3.89. The number of benzene rings is 1. The van der Waals surface area contributed by atoms with E-state index in [1.54, 1.807) is 0 Å². The summed E-state index contributed by atoms with van der Waals surface area (Å²) in [7, 11) is 0. The lowest BCUT2D eigenvalue weighted by molar-refractivity contribution is 0.350. The molecule has 0 heterocycles. The molecule has 1 fully saturated rings. The molecule has 0 aliphatic heterocycles. The fourth-order valence-electron chi connectivity index (χ4n) is 2.47. The third kappa shape index (κ3) is 3.23. The minimum absolute atomic E-state index is 0.370. The normalized spacial score (nSPS) is 27.6. The van der Waals surface area contributed by atoms with Crippen LogP contribution in [0.3, 0.4) is 0 Å². The molecule has 1 saturated carbocycles. The van der Waals surface area contributed by atoms with Crippen LogP contribution in [0, 0.1) is 0 Å². The largest absolute Gasteiger partial charge is 0.307 e. The highest BCUT2D eigenvalue weighted by atomic mass is 35.5. The van der Waals surface area contributed by atoms with Crippen molar-refractivity contribution in [2.75, 3.05) is 0 Å². The van der Waals surface area contributed by atoms with E-state index in [0.717, 1.165) is 6.42 Å². The van der Waals surface area contributed by atoms with Gasteiger partial charge in [0.1, 0.15) is 0 Å². The number of rotatable bonds is 3. The van der Waals surface area contributed by atoms with Crippen molar-refractivity contribution in [2.45, 2.75) is 50.1 Å². The van der Waals surface area contributed by atoms with Crippen molar-refractivity contribution in [3.05, 3.63) is 35.9 Å². The highest BCUT2D eigenvalue weighted by Gasteiger charge is 2.21. The monoisotopic (exact) mass is 237 g/mol. The first-order valence-electron chi connectivity index (χ1n) is 6.21. The molecular weight excluding hydrogens is 218 g/mol. The van der Waals surface area contributed by atoms with Crippen LogP contribution >= 0.6 is 11.6 Å². The van der Waals surface area contributed by atoms with Gasteiger partial charge in [-0.1, -0.05) is 36.8 Å². The molecule has 1 aromatic rings. The minimum atomic E-state index is 0.370. The van der Waals surface area contributed by atoms with Crippen LogP contribution in [0.4, 0.5) is 0 Å². The first-order valence-corrected chi connectivity index (χ1v) is 6.64. The zero-order chi connectivity index (χ0) is 11.4. The average molecular weight is 238 g/mol. The van der Waals surface area contributed by atoms with E-state index in [1.807, 2.05) is 0 Å². The molecule has 0 amide bonds. The summed E-state index contributed by atoms with van der Waals surface area (Å²) >= 11 is 6.20. The Bertz CT molecular complexity index is 312. The van der Waals surface area contributed by atoms with E-state index in [9.17, 15) is 0 Å². The summed E-state index contributed by atoms with van der Waals surface area (Å²) in [6, 6.07) is 11.6. The fourth-order valence-corrected chi connectivity index (χ4v) is 2.84. The van der Waals surface area contributed by atoms with E-state index in [-0.39, 0.29) is 0 Å². The molecule has 1 aliphatic carbocycles. The summed E-state index contributed by atoms with van der Waals surface area (Å²) in [5, 5.41) is 4.05. The molecule has 3 unspecified atom stereocenters. The van der Waals surface area contributed by atoms with Gasteiger partial charge in [0, 0.05) is 17.5 Å². The molecule has 88 valence electrons. The molecule has 3 atom stereocenters. The van der Waals surface area contributed by atoms with Crippen molar-refractivity contribution in [1.82, 2.24) is 5.32 Å². The minimum Gasteiger partial charge on any atom is -0.307 e. The Kier molecular flexibility index (Phi) is 4.25. The number of nitrogens with one attached hydrogen (secondary N) is 1. The van der Waals surface area contributed by atoms with Crippen LogP contribution in [-0.4, -0.2) is 11.4 Å². The van der Waals surface area contributed by atoms with Gasteiger partial charge in [-0.15, -0.1) is 11.6 Å². The summed E-state index contributed by atoms with van der Waals surface area (Å²) in [4.78, 5) is 0. The highest BCUT2D eigenvalue weighted by molar-refractivity contribution is 6.20. The second-order valence-corrected chi connectivity index (χ2v) is 5.38. The van der Waals surface area contributed by atoms with Crippen LogP contribution in [-0.2, 0) is 0 Å². The standard InChI is InChI=1S/C14H20ClN/c1-11(12-6-3-2-4-7-12)16-14-9-5-8-13(15)10-14/h2-4,6-7,11,13-14,16H,5,8-10H2,1H3. The van der Waals surface area contributed by atoms with Crippen molar-refractivity contribution >= 4 is 11.6 Å². The molecule has 2 rings (SSSR count). The lowest BCUT2D eigenvalue weighted by Gasteiger charge is -2.29. The Balaban J connectivity index is 1.89. The number of hydrogen-bond donors (Lipinski definition) is 1. The second-order valence-electron chi connectivity index (χ2n) is 4.76. The molecule has 2 heteroatoms. The Morgan fingerprint density at radius 3 is 2.69 bits per heavy atom. The van der Waals surface area contributed by atoms with E-state index in [4.69, 9.17) is 11.6 Å². The van der Waals surface area contributed by atoms with Gasteiger partial charge in [-0.3, -0.25) is 0 Å². The first kappa shape index (κ1) is 11.9. The van der Waals surface area contributed by atoms with Crippen molar-refractivity contribution in [3.8, 4) is 0 Å². The number of halogens is 1. The molecule has 0 spiro atoms. The van der Waals surface area contributed by atoms with Gasteiger partial charge in [0.25, 0.3) is 0 Å². The van der Waals surface area contributed by atoms with Gasteiger partial charge in [0.15, 0.2) is 0 Å². The Morgan fingerprint density at radius 1 is 1.25 bits per heavy atom. The lowest BCUT2D eigenvalue weighted by atomic mass is 9.94. The summed E-state index contributed by atoms with van der Waals surface area (Å²) in [6.45, 7) is 2.23. The van der Waals surface area contributed by atoms with Gasteiger partial charge >= 0.3 is 0 Å². The maximum Gasteiger partial charge on any atom is 0.0350 e.